The lowest BCUT2D eigenvalue weighted by atomic mass is 10.2. The molecule has 130 valence electrons. The molecule has 2 rings (SSSR count). The van der Waals surface area contributed by atoms with E-state index in [-0.39, 0.29) is 0 Å². The highest BCUT2D eigenvalue weighted by molar-refractivity contribution is 7.99. The molecule has 0 bridgehead atoms. The highest BCUT2D eigenvalue weighted by atomic mass is 35.5. The van der Waals surface area contributed by atoms with E-state index in [2.05, 4.69) is 27.4 Å². The number of hydrogen-bond acceptors (Lipinski definition) is 7. The van der Waals surface area contributed by atoms with Crippen LogP contribution in [0.25, 0.3) is 0 Å². The van der Waals surface area contributed by atoms with Crippen molar-refractivity contribution in [3.63, 3.8) is 0 Å². The molecule has 0 amide bonds. The number of rotatable bonds is 10. The van der Waals surface area contributed by atoms with Gasteiger partial charge in [0.15, 0.2) is 11.5 Å². The molecule has 0 aliphatic rings. The first-order valence-corrected chi connectivity index (χ1v) is 8.68. The Morgan fingerprint density at radius 2 is 2.29 bits per heavy atom. The second-order valence-electron chi connectivity index (χ2n) is 4.82. The molecule has 2 aromatic rings. The van der Waals surface area contributed by atoms with Crippen molar-refractivity contribution in [3.8, 4) is 11.5 Å². The highest BCUT2D eigenvalue weighted by Crippen LogP contribution is 2.36. The summed E-state index contributed by atoms with van der Waals surface area (Å²) in [7, 11) is 3.41. The Hall–Kier alpha value is -1.77. The number of nitrogens with one attached hydrogen (secondary N) is 1. The lowest BCUT2D eigenvalue weighted by Gasteiger charge is -2.13. The van der Waals surface area contributed by atoms with Crippen molar-refractivity contribution >= 4 is 23.4 Å². The third-order valence-corrected chi connectivity index (χ3v) is 4.35. The van der Waals surface area contributed by atoms with Crippen molar-refractivity contribution < 1.29 is 9.47 Å². The molecule has 0 radical (unpaired) electrons. The number of tetrazole rings is 1. The Labute approximate surface area is 150 Å². The Balaban J connectivity index is 1.84. The minimum Gasteiger partial charge on any atom is -0.493 e. The molecule has 0 unspecified atom stereocenters. The Morgan fingerprint density at radius 3 is 2.96 bits per heavy atom. The van der Waals surface area contributed by atoms with Crippen LogP contribution in [0.1, 0.15) is 5.56 Å². The van der Waals surface area contributed by atoms with Gasteiger partial charge in [0.2, 0.25) is 5.16 Å². The van der Waals surface area contributed by atoms with Crippen LogP contribution >= 0.6 is 23.4 Å². The summed E-state index contributed by atoms with van der Waals surface area (Å²) in [5, 5.41) is 16.0. The van der Waals surface area contributed by atoms with Gasteiger partial charge in [-0.3, -0.25) is 0 Å². The van der Waals surface area contributed by atoms with Gasteiger partial charge in [-0.1, -0.05) is 36.0 Å². The average molecular weight is 370 g/mol. The maximum Gasteiger partial charge on any atom is 0.209 e. The van der Waals surface area contributed by atoms with Gasteiger partial charge < -0.3 is 14.8 Å². The van der Waals surface area contributed by atoms with Crippen LogP contribution in [0.3, 0.4) is 0 Å². The fourth-order valence-corrected chi connectivity index (χ4v) is 2.98. The van der Waals surface area contributed by atoms with Gasteiger partial charge in [-0.05, 0) is 28.1 Å². The molecule has 7 nitrogen and oxygen atoms in total. The standard InChI is InChI=1S/C15H20ClN5O2S/c1-4-6-23-14-12(16)8-11(9-13(14)22-3)10-17-5-7-24-15-18-19-20-21(15)2/h4,8-9,17H,1,5-7,10H2,2-3H3. The molecule has 0 fully saturated rings. The minimum atomic E-state index is 0.377. The Bertz CT molecular complexity index is 680. The van der Waals surface area contributed by atoms with Crippen molar-refractivity contribution in [2.75, 3.05) is 26.0 Å². The van der Waals surface area contributed by atoms with Crippen molar-refractivity contribution in [1.82, 2.24) is 25.5 Å². The van der Waals surface area contributed by atoms with Crippen molar-refractivity contribution in [2.24, 2.45) is 7.05 Å². The first-order valence-electron chi connectivity index (χ1n) is 7.31. The number of benzene rings is 1. The number of ether oxygens (including phenoxy) is 2. The first kappa shape index (κ1) is 18.6. The van der Waals surface area contributed by atoms with E-state index in [0.29, 0.717) is 29.7 Å². The summed E-state index contributed by atoms with van der Waals surface area (Å²) >= 11 is 7.87. The SMILES string of the molecule is C=CCOc1c(Cl)cc(CNCCSc2nnnn2C)cc1OC. The average Bonchev–Trinajstić information content (AvgIpc) is 2.98. The summed E-state index contributed by atoms with van der Waals surface area (Å²) in [5.74, 6) is 2.01. The summed E-state index contributed by atoms with van der Waals surface area (Å²) < 4.78 is 12.5. The summed E-state index contributed by atoms with van der Waals surface area (Å²) in [5.41, 5.74) is 1.02. The Morgan fingerprint density at radius 1 is 1.46 bits per heavy atom. The summed E-state index contributed by atoms with van der Waals surface area (Å²) in [6.07, 6.45) is 1.66. The number of methoxy groups -OCH3 is 1. The van der Waals surface area contributed by atoms with Gasteiger partial charge in [0.1, 0.15) is 6.61 Å². The molecule has 9 heteroatoms. The second-order valence-corrected chi connectivity index (χ2v) is 6.29. The van der Waals surface area contributed by atoms with E-state index in [1.807, 2.05) is 19.2 Å². The van der Waals surface area contributed by atoms with Crippen LogP contribution in [-0.2, 0) is 13.6 Å². The summed E-state index contributed by atoms with van der Waals surface area (Å²) in [6.45, 7) is 5.49. The third kappa shape index (κ3) is 5.12. The van der Waals surface area contributed by atoms with Gasteiger partial charge in [0.25, 0.3) is 0 Å². The molecular weight excluding hydrogens is 350 g/mol. The number of thioether (sulfide) groups is 1. The molecule has 1 N–H and O–H groups in total. The predicted octanol–water partition coefficient (Wildman–Crippen LogP) is 2.32. The fourth-order valence-electron chi connectivity index (χ4n) is 1.95. The van der Waals surface area contributed by atoms with Crippen molar-refractivity contribution in [2.45, 2.75) is 11.7 Å². The largest absolute Gasteiger partial charge is 0.493 e. The molecule has 1 aromatic carbocycles. The molecule has 24 heavy (non-hydrogen) atoms. The molecule has 0 saturated heterocycles. The maximum absolute atomic E-state index is 6.28. The number of halogens is 1. The zero-order valence-electron chi connectivity index (χ0n) is 13.7. The van der Waals surface area contributed by atoms with Crippen LogP contribution in [0, 0.1) is 0 Å². The van der Waals surface area contributed by atoms with Gasteiger partial charge in [0, 0.05) is 25.9 Å². The quantitative estimate of drug-likeness (QED) is 0.391. The van der Waals surface area contributed by atoms with E-state index in [1.165, 1.54) is 0 Å². The van der Waals surface area contributed by atoms with Crippen LogP contribution in [0.4, 0.5) is 0 Å². The van der Waals surface area contributed by atoms with Gasteiger partial charge in [-0.15, -0.1) is 5.10 Å². The highest BCUT2D eigenvalue weighted by Gasteiger charge is 2.11. The van der Waals surface area contributed by atoms with Gasteiger partial charge >= 0.3 is 0 Å². The monoisotopic (exact) mass is 369 g/mol. The minimum absolute atomic E-state index is 0.377. The molecule has 1 heterocycles. The molecule has 0 spiro atoms. The second kappa shape index (κ2) is 9.51. The zero-order chi connectivity index (χ0) is 17.4. The van der Waals surface area contributed by atoms with Crippen LogP contribution < -0.4 is 14.8 Å². The fraction of sp³-hybridized carbons (Fsp3) is 0.400. The normalized spacial score (nSPS) is 10.6. The van der Waals surface area contributed by atoms with E-state index < -0.39 is 0 Å². The van der Waals surface area contributed by atoms with Crippen LogP contribution in [0.15, 0.2) is 29.9 Å². The van der Waals surface area contributed by atoms with Gasteiger partial charge in [-0.2, -0.15) is 0 Å². The molecule has 0 aliphatic heterocycles. The maximum atomic E-state index is 6.28. The van der Waals surface area contributed by atoms with E-state index in [9.17, 15) is 0 Å². The van der Waals surface area contributed by atoms with E-state index in [1.54, 1.807) is 29.6 Å². The molecule has 0 saturated carbocycles. The van der Waals surface area contributed by atoms with E-state index in [4.69, 9.17) is 21.1 Å². The lowest BCUT2D eigenvalue weighted by molar-refractivity contribution is 0.326. The summed E-state index contributed by atoms with van der Waals surface area (Å²) in [6, 6.07) is 3.78. The van der Waals surface area contributed by atoms with Crippen molar-refractivity contribution in [3.05, 3.63) is 35.4 Å². The Kier molecular flexibility index (Phi) is 7.36. The first-order chi connectivity index (χ1) is 11.7. The molecule has 0 atom stereocenters. The lowest BCUT2D eigenvalue weighted by Crippen LogP contribution is -2.17. The van der Waals surface area contributed by atoms with E-state index in [0.717, 1.165) is 23.0 Å². The third-order valence-electron chi connectivity index (χ3n) is 3.06. The van der Waals surface area contributed by atoms with E-state index >= 15 is 0 Å². The predicted molar refractivity (Wildman–Crippen MR) is 94.9 cm³/mol. The van der Waals surface area contributed by atoms with Crippen LogP contribution in [-0.4, -0.2) is 46.2 Å². The zero-order valence-corrected chi connectivity index (χ0v) is 15.2. The molecule has 0 aliphatic carbocycles. The van der Waals surface area contributed by atoms with Gasteiger partial charge in [-0.25, -0.2) is 4.68 Å². The number of nitrogens with zero attached hydrogens (tertiary/aromatic N) is 4. The van der Waals surface area contributed by atoms with Crippen molar-refractivity contribution in [1.29, 1.82) is 0 Å². The van der Waals surface area contributed by atoms with Crippen LogP contribution in [0.5, 0.6) is 11.5 Å². The smallest absolute Gasteiger partial charge is 0.209 e. The number of hydrogen-bond donors (Lipinski definition) is 1. The summed E-state index contributed by atoms with van der Waals surface area (Å²) in [4.78, 5) is 0. The number of aromatic nitrogens is 4. The number of aryl methyl sites for hydroxylation is 1. The molecule has 1 aromatic heterocycles. The topological polar surface area (TPSA) is 74.1 Å². The van der Waals surface area contributed by atoms with Crippen LogP contribution in [0.2, 0.25) is 5.02 Å². The molecular formula is C15H20ClN5O2S. The van der Waals surface area contributed by atoms with Gasteiger partial charge in [0.05, 0.1) is 12.1 Å².